The van der Waals surface area contributed by atoms with Crippen LogP contribution in [-0.4, -0.2) is 35.7 Å². The van der Waals surface area contributed by atoms with Gasteiger partial charge in [-0.3, -0.25) is 14.9 Å². The number of carbonyl (C=O) groups excluding carboxylic acids is 1. The van der Waals surface area contributed by atoms with Gasteiger partial charge < -0.3 is 19.1 Å². The summed E-state index contributed by atoms with van der Waals surface area (Å²) >= 11 is 0. The molecule has 0 saturated carbocycles. The molecule has 1 amide bonds. The van der Waals surface area contributed by atoms with E-state index >= 15 is 0 Å². The van der Waals surface area contributed by atoms with Gasteiger partial charge in [-0.25, -0.2) is 0 Å². The first-order valence-electron chi connectivity index (χ1n) is 8.63. The van der Waals surface area contributed by atoms with Crippen molar-refractivity contribution in [3.05, 3.63) is 57.6 Å². The van der Waals surface area contributed by atoms with Crippen LogP contribution < -0.4 is 14.2 Å². The molecule has 2 aromatic carbocycles. The molecule has 0 spiro atoms. The third-order valence-electron chi connectivity index (χ3n) is 4.19. The van der Waals surface area contributed by atoms with E-state index in [-0.39, 0.29) is 30.3 Å². The standard InChI is InChI=1S/C19H20N2O6/c1-3-20(11-13-8-9-15-17(10-13)27-12-26-15)19(22)18-14(21(23)24)6-5-7-16(18)25-4-2/h5-10H,3-4,11-12H2,1-2H3. The van der Waals surface area contributed by atoms with Crippen molar-refractivity contribution in [2.24, 2.45) is 0 Å². The quantitative estimate of drug-likeness (QED) is 0.547. The molecule has 0 bridgehead atoms. The number of nitro benzene ring substituents is 1. The number of hydrogen-bond acceptors (Lipinski definition) is 6. The molecule has 2 aromatic rings. The topological polar surface area (TPSA) is 91.1 Å². The van der Waals surface area contributed by atoms with Crippen molar-refractivity contribution >= 4 is 11.6 Å². The van der Waals surface area contributed by atoms with Gasteiger partial charge in [-0.1, -0.05) is 12.1 Å². The minimum absolute atomic E-state index is 0.0352. The van der Waals surface area contributed by atoms with E-state index in [4.69, 9.17) is 14.2 Å². The van der Waals surface area contributed by atoms with Crippen LogP contribution in [0.1, 0.15) is 29.8 Å². The van der Waals surface area contributed by atoms with Gasteiger partial charge in [0.2, 0.25) is 6.79 Å². The van der Waals surface area contributed by atoms with Crippen molar-refractivity contribution in [3.8, 4) is 17.2 Å². The lowest BCUT2D eigenvalue weighted by molar-refractivity contribution is -0.385. The second-order valence-corrected chi connectivity index (χ2v) is 5.85. The van der Waals surface area contributed by atoms with Crippen LogP contribution in [0, 0.1) is 10.1 Å². The molecule has 0 fully saturated rings. The normalized spacial score (nSPS) is 11.9. The Hall–Kier alpha value is -3.29. The predicted octanol–water partition coefficient (Wildman–Crippen LogP) is 3.38. The lowest BCUT2D eigenvalue weighted by Gasteiger charge is -2.22. The summed E-state index contributed by atoms with van der Waals surface area (Å²) in [5, 5.41) is 11.4. The Bertz CT molecular complexity index is 867. The highest BCUT2D eigenvalue weighted by atomic mass is 16.7. The van der Waals surface area contributed by atoms with E-state index in [1.807, 2.05) is 13.0 Å². The number of hydrogen-bond donors (Lipinski definition) is 0. The minimum atomic E-state index is -0.565. The molecule has 0 radical (unpaired) electrons. The number of carbonyl (C=O) groups is 1. The van der Waals surface area contributed by atoms with Crippen LogP contribution in [0.4, 0.5) is 5.69 Å². The maximum absolute atomic E-state index is 13.1. The van der Waals surface area contributed by atoms with Gasteiger partial charge in [-0.15, -0.1) is 0 Å². The van der Waals surface area contributed by atoms with Crippen molar-refractivity contribution in [2.75, 3.05) is 19.9 Å². The average molecular weight is 372 g/mol. The van der Waals surface area contributed by atoms with E-state index in [1.165, 1.54) is 17.0 Å². The van der Waals surface area contributed by atoms with Crippen molar-refractivity contribution in [1.29, 1.82) is 0 Å². The van der Waals surface area contributed by atoms with Crippen LogP contribution in [0.25, 0.3) is 0 Å². The number of fused-ring (bicyclic) bond motifs is 1. The Kier molecular flexibility index (Phi) is 5.44. The highest BCUT2D eigenvalue weighted by Gasteiger charge is 2.28. The third-order valence-corrected chi connectivity index (χ3v) is 4.19. The van der Waals surface area contributed by atoms with Crippen molar-refractivity contribution in [2.45, 2.75) is 20.4 Å². The SMILES string of the molecule is CCOc1cccc([N+](=O)[O-])c1C(=O)N(CC)Cc1ccc2c(c1)OCO2. The first-order chi connectivity index (χ1) is 13.0. The summed E-state index contributed by atoms with van der Waals surface area (Å²) in [4.78, 5) is 25.5. The number of ether oxygens (including phenoxy) is 3. The monoisotopic (exact) mass is 372 g/mol. The fourth-order valence-electron chi connectivity index (χ4n) is 2.91. The molecule has 1 heterocycles. The van der Waals surface area contributed by atoms with Gasteiger partial charge in [0.1, 0.15) is 5.75 Å². The van der Waals surface area contributed by atoms with Gasteiger partial charge in [-0.05, 0) is 37.6 Å². The van der Waals surface area contributed by atoms with Gasteiger partial charge in [0, 0.05) is 19.2 Å². The number of nitrogens with zero attached hydrogens (tertiary/aromatic N) is 2. The molecule has 0 atom stereocenters. The fourth-order valence-corrected chi connectivity index (χ4v) is 2.91. The lowest BCUT2D eigenvalue weighted by Crippen LogP contribution is -2.31. The van der Waals surface area contributed by atoms with E-state index < -0.39 is 10.8 Å². The molecule has 0 unspecified atom stereocenters. The molecule has 0 aromatic heterocycles. The maximum Gasteiger partial charge on any atom is 0.285 e. The Balaban J connectivity index is 1.92. The van der Waals surface area contributed by atoms with Crippen LogP contribution in [0.15, 0.2) is 36.4 Å². The second-order valence-electron chi connectivity index (χ2n) is 5.85. The largest absolute Gasteiger partial charge is 0.493 e. The van der Waals surface area contributed by atoms with E-state index in [0.717, 1.165) is 5.56 Å². The molecule has 1 aliphatic heterocycles. The van der Waals surface area contributed by atoms with Crippen molar-refractivity contribution < 1.29 is 23.9 Å². The zero-order valence-corrected chi connectivity index (χ0v) is 15.1. The van der Waals surface area contributed by atoms with E-state index in [0.29, 0.717) is 24.7 Å². The van der Waals surface area contributed by atoms with E-state index in [1.54, 1.807) is 25.1 Å². The molecule has 0 saturated heterocycles. The Labute approximate surface area is 156 Å². The Morgan fingerprint density at radius 2 is 2.00 bits per heavy atom. The van der Waals surface area contributed by atoms with Gasteiger partial charge in [-0.2, -0.15) is 0 Å². The van der Waals surface area contributed by atoms with Gasteiger partial charge >= 0.3 is 0 Å². The Morgan fingerprint density at radius 1 is 1.22 bits per heavy atom. The highest BCUT2D eigenvalue weighted by Crippen LogP contribution is 2.34. The predicted molar refractivity (Wildman–Crippen MR) is 97.2 cm³/mol. The molecular formula is C19H20N2O6. The molecule has 27 heavy (non-hydrogen) atoms. The van der Waals surface area contributed by atoms with Gasteiger partial charge in [0.05, 0.1) is 11.5 Å². The van der Waals surface area contributed by atoms with Gasteiger partial charge in [0.25, 0.3) is 11.6 Å². The lowest BCUT2D eigenvalue weighted by atomic mass is 10.1. The molecule has 0 aliphatic carbocycles. The smallest absolute Gasteiger partial charge is 0.285 e. The summed E-state index contributed by atoms with van der Waals surface area (Å²) in [6.45, 7) is 4.71. The molecule has 142 valence electrons. The van der Waals surface area contributed by atoms with Crippen molar-refractivity contribution in [3.63, 3.8) is 0 Å². The zero-order valence-electron chi connectivity index (χ0n) is 15.1. The first-order valence-corrected chi connectivity index (χ1v) is 8.63. The summed E-state index contributed by atoms with van der Waals surface area (Å²) in [5.41, 5.74) is 0.535. The summed E-state index contributed by atoms with van der Waals surface area (Å²) in [6.07, 6.45) is 0. The number of rotatable bonds is 7. The Morgan fingerprint density at radius 3 is 2.70 bits per heavy atom. The first kappa shape index (κ1) is 18.5. The van der Waals surface area contributed by atoms with Crippen LogP contribution in [0.5, 0.6) is 17.2 Å². The van der Waals surface area contributed by atoms with Crippen molar-refractivity contribution in [1.82, 2.24) is 4.90 Å². The van der Waals surface area contributed by atoms with Crippen LogP contribution in [0.3, 0.4) is 0 Å². The molecule has 8 nitrogen and oxygen atoms in total. The fraction of sp³-hybridized carbons (Fsp3) is 0.316. The molecule has 8 heteroatoms. The summed E-state index contributed by atoms with van der Waals surface area (Å²) < 4.78 is 16.1. The van der Waals surface area contributed by atoms with E-state index in [9.17, 15) is 14.9 Å². The van der Waals surface area contributed by atoms with Crippen LogP contribution in [0.2, 0.25) is 0 Å². The van der Waals surface area contributed by atoms with Crippen LogP contribution >= 0.6 is 0 Å². The second kappa shape index (κ2) is 7.94. The minimum Gasteiger partial charge on any atom is -0.493 e. The molecule has 3 rings (SSSR count). The number of benzene rings is 2. The third kappa shape index (κ3) is 3.79. The summed E-state index contributed by atoms with van der Waals surface area (Å²) in [5.74, 6) is 1.04. The molecule has 1 aliphatic rings. The maximum atomic E-state index is 13.1. The van der Waals surface area contributed by atoms with Gasteiger partial charge in [0.15, 0.2) is 17.1 Å². The number of nitro groups is 1. The average Bonchev–Trinajstić information content (AvgIpc) is 3.13. The molecule has 0 N–H and O–H groups in total. The number of amides is 1. The van der Waals surface area contributed by atoms with E-state index in [2.05, 4.69) is 0 Å². The molecular weight excluding hydrogens is 352 g/mol. The summed E-state index contributed by atoms with van der Waals surface area (Å²) in [7, 11) is 0. The van der Waals surface area contributed by atoms with Crippen LogP contribution in [-0.2, 0) is 6.54 Å². The zero-order chi connectivity index (χ0) is 19.4. The summed E-state index contributed by atoms with van der Waals surface area (Å²) in [6, 6.07) is 9.82. The highest BCUT2D eigenvalue weighted by molar-refractivity contribution is 6.00.